The van der Waals surface area contributed by atoms with E-state index in [9.17, 15) is 5.11 Å². The highest BCUT2D eigenvalue weighted by Crippen LogP contribution is 2.34. The normalized spacial score (nSPS) is 19.9. The molecule has 15 heavy (non-hydrogen) atoms. The van der Waals surface area contributed by atoms with Crippen LogP contribution in [0.2, 0.25) is 5.02 Å². The number of aliphatic hydroxyl groups is 1. The standard InChI is InChI=1S/C12H16ClNO/c13-10-4-2-1-3-9(10)7-11(14)12(15)8-5-6-8/h1-4,8,11-12,15H,5-7,14H2. The van der Waals surface area contributed by atoms with Gasteiger partial charge in [-0.3, -0.25) is 0 Å². The minimum absolute atomic E-state index is 0.197. The fourth-order valence-corrected chi connectivity index (χ4v) is 2.04. The van der Waals surface area contributed by atoms with Crippen molar-refractivity contribution < 1.29 is 5.11 Å². The lowest BCUT2D eigenvalue weighted by Crippen LogP contribution is -2.38. The summed E-state index contributed by atoms with van der Waals surface area (Å²) in [7, 11) is 0. The summed E-state index contributed by atoms with van der Waals surface area (Å²) in [6.07, 6.45) is 2.49. The lowest BCUT2D eigenvalue weighted by atomic mass is 9.99. The van der Waals surface area contributed by atoms with Gasteiger partial charge in [-0.05, 0) is 36.8 Å². The van der Waals surface area contributed by atoms with Crippen LogP contribution in [0.25, 0.3) is 0 Å². The molecule has 0 saturated heterocycles. The van der Waals surface area contributed by atoms with Crippen LogP contribution in [0.4, 0.5) is 0 Å². The highest BCUT2D eigenvalue weighted by molar-refractivity contribution is 6.31. The van der Waals surface area contributed by atoms with Gasteiger partial charge >= 0.3 is 0 Å². The van der Waals surface area contributed by atoms with Gasteiger partial charge in [0.25, 0.3) is 0 Å². The van der Waals surface area contributed by atoms with Crippen LogP contribution in [-0.4, -0.2) is 17.3 Å². The van der Waals surface area contributed by atoms with Crippen LogP contribution in [0.5, 0.6) is 0 Å². The molecule has 0 amide bonds. The Morgan fingerprint density at radius 3 is 2.67 bits per heavy atom. The summed E-state index contributed by atoms with van der Waals surface area (Å²) in [4.78, 5) is 0. The summed E-state index contributed by atoms with van der Waals surface area (Å²) in [5.41, 5.74) is 6.97. The number of aliphatic hydroxyl groups excluding tert-OH is 1. The van der Waals surface area contributed by atoms with Crippen molar-refractivity contribution in [2.45, 2.75) is 31.4 Å². The minimum Gasteiger partial charge on any atom is -0.391 e. The van der Waals surface area contributed by atoms with Gasteiger partial charge in [-0.15, -0.1) is 0 Å². The van der Waals surface area contributed by atoms with Gasteiger partial charge < -0.3 is 10.8 Å². The molecule has 1 aliphatic rings. The average molecular weight is 226 g/mol. The Balaban J connectivity index is 1.98. The third kappa shape index (κ3) is 2.71. The molecule has 82 valence electrons. The molecule has 0 aromatic heterocycles. The summed E-state index contributed by atoms with van der Waals surface area (Å²) in [5.74, 6) is 0.419. The largest absolute Gasteiger partial charge is 0.391 e. The van der Waals surface area contributed by atoms with E-state index in [1.54, 1.807) is 0 Å². The molecule has 0 bridgehead atoms. The van der Waals surface area contributed by atoms with Gasteiger partial charge in [-0.2, -0.15) is 0 Å². The predicted octanol–water partition coefficient (Wildman–Crippen LogP) is 1.98. The van der Waals surface area contributed by atoms with E-state index in [0.717, 1.165) is 23.4 Å². The molecule has 1 aromatic rings. The molecule has 3 N–H and O–H groups in total. The summed E-state index contributed by atoms with van der Waals surface area (Å²) < 4.78 is 0. The van der Waals surface area contributed by atoms with Crippen LogP contribution in [0.1, 0.15) is 18.4 Å². The molecule has 2 rings (SSSR count). The Hall–Kier alpha value is -0.570. The van der Waals surface area contributed by atoms with E-state index in [-0.39, 0.29) is 12.1 Å². The van der Waals surface area contributed by atoms with E-state index >= 15 is 0 Å². The number of hydrogen-bond donors (Lipinski definition) is 2. The maximum Gasteiger partial charge on any atom is 0.0722 e. The number of rotatable bonds is 4. The minimum atomic E-state index is -0.374. The fraction of sp³-hybridized carbons (Fsp3) is 0.500. The molecule has 1 fully saturated rings. The summed E-state index contributed by atoms with van der Waals surface area (Å²) in [6.45, 7) is 0. The molecule has 3 heteroatoms. The zero-order chi connectivity index (χ0) is 10.8. The number of hydrogen-bond acceptors (Lipinski definition) is 2. The Labute approximate surface area is 95.1 Å². The second-order valence-corrected chi connectivity index (χ2v) is 4.69. The van der Waals surface area contributed by atoms with E-state index in [1.807, 2.05) is 24.3 Å². The van der Waals surface area contributed by atoms with Gasteiger partial charge in [-0.1, -0.05) is 29.8 Å². The Bertz CT molecular complexity index is 338. The third-order valence-corrected chi connectivity index (χ3v) is 3.33. The van der Waals surface area contributed by atoms with Gasteiger partial charge in [0.05, 0.1) is 6.10 Å². The predicted molar refractivity (Wildman–Crippen MR) is 61.9 cm³/mol. The fourth-order valence-electron chi connectivity index (χ4n) is 1.83. The summed E-state index contributed by atoms with van der Waals surface area (Å²) in [6, 6.07) is 7.46. The van der Waals surface area contributed by atoms with Gasteiger partial charge in [0.2, 0.25) is 0 Å². The first-order valence-corrected chi connectivity index (χ1v) is 5.73. The van der Waals surface area contributed by atoms with Crippen LogP contribution in [0.15, 0.2) is 24.3 Å². The molecule has 2 unspecified atom stereocenters. The second-order valence-electron chi connectivity index (χ2n) is 4.29. The molecular weight excluding hydrogens is 210 g/mol. The molecule has 2 atom stereocenters. The lowest BCUT2D eigenvalue weighted by molar-refractivity contribution is 0.122. The van der Waals surface area contributed by atoms with E-state index in [2.05, 4.69) is 0 Å². The maximum atomic E-state index is 9.84. The van der Waals surface area contributed by atoms with Crippen LogP contribution < -0.4 is 5.73 Å². The van der Waals surface area contributed by atoms with Crippen LogP contribution in [-0.2, 0) is 6.42 Å². The Kier molecular flexibility index (Phi) is 3.29. The molecule has 1 saturated carbocycles. The van der Waals surface area contributed by atoms with E-state index in [1.165, 1.54) is 0 Å². The van der Waals surface area contributed by atoms with Crippen molar-refractivity contribution in [1.82, 2.24) is 0 Å². The zero-order valence-corrected chi connectivity index (χ0v) is 9.32. The molecule has 0 spiro atoms. The van der Waals surface area contributed by atoms with Gasteiger partial charge in [0, 0.05) is 11.1 Å². The van der Waals surface area contributed by atoms with Crippen LogP contribution in [0.3, 0.4) is 0 Å². The van der Waals surface area contributed by atoms with Crippen molar-refractivity contribution in [2.24, 2.45) is 11.7 Å². The average Bonchev–Trinajstić information content (AvgIpc) is 3.04. The number of nitrogens with two attached hydrogens (primary N) is 1. The van der Waals surface area contributed by atoms with Crippen molar-refractivity contribution in [3.05, 3.63) is 34.9 Å². The van der Waals surface area contributed by atoms with E-state index < -0.39 is 0 Å². The van der Waals surface area contributed by atoms with Gasteiger partial charge in [-0.25, -0.2) is 0 Å². The third-order valence-electron chi connectivity index (χ3n) is 2.96. The first-order valence-electron chi connectivity index (χ1n) is 5.35. The number of halogens is 1. The van der Waals surface area contributed by atoms with E-state index in [0.29, 0.717) is 12.3 Å². The van der Waals surface area contributed by atoms with Crippen molar-refractivity contribution in [3.63, 3.8) is 0 Å². The SMILES string of the molecule is NC(Cc1ccccc1Cl)C(O)C1CC1. The maximum absolute atomic E-state index is 9.84. The quantitative estimate of drug-likeness (QED) is 0.823. The monoisotopic (exact) mass is 225 g/mol. The molecule has 1 aromatic carbocycles. The highest BCUT2D eigenvalue weighted by atomic mass is 35.5. The number of benzene rings is 1. The zero-order valence-electron chi connectivity index (χ0n) is 8.57. The molecule has 0 radical (unpaired) electrons. The summed E-state index contributed by atoms with van der Waals surface area (Å²) in [5, 5.41) is 10.6. The van der Waals surface area contributed by atoms with Crippen molar-refractivity contribution in [2.75, 3.05) is 0 Å². The highest BCUT2D eigenvalue weighted by Gasteiger charge is 2.33. The summed E-state index contributed by atoms with van der Waals surface area (Å²) >= 11 is 6.03. The first kappa shape index (κ1) is 10.9. The topological polar surface area (TPSA) is 46.2 Å². The molecule has 2 nitrogen and oxygen atoms in total. The Morgan fingerprint density at radius 2 is 2.07 bits per heavy atom. The van der Waals surface area contributed by atoms with Crippen molar-refractivity contribution in [3.8, 4) is 0 Å². The smallest absolute Gasteiger partial charge is 0.0722 e. The molecule has 0 heterocycles. The molecule has 1 aliphatic carbocycles. The Morgan fingerprint density at radius 1 is 1.40 bits per heavy atom. The second kappa shape index (κ2) is 4.52. The molecule has 0 aliphatic heterocycles. The van der Waals surface area contributed by atoms with Crippen molar-refractivity contribution >= 4 is 11.6 Å². The van der Waals surface area contributed by atoms with Crippen molar-refractivity contribution in [1.29, 1.82) is 0 Å². The van der Waals surface area contributed by atoms with E-state index in [4.69, 9.17) is 17.3 Å². The molecular formula is C12H16ClNO. The van der Waals surface area contributed by atoms with Gasteiger partial charge in [0.15, 0.2) is 0 Å². The first-order chi connectivity index (χ1) is 7.18. The van der Waals surface area contributed by atoms with Crippen LogP contribution in [0, 0.1) is 5.92 Å². The van der Waals surface area contributed by atoms with Crippen LogP contribution >= 0.6 is 11.6 Å². The van der Waals surface area contributed by atoms with Gasteiger partial charge in [0.1, 0.15) is 0 Å². The lowest BCUT2D eigenvalue weighted by Gasteiger charge is -2.18.